The molecule has 0 aliphatic carbocycles. The summed E-state index contributed by atoms with van der Waals surface area (Å²) in [5.74, 6) is -1.01. The van der Waals surface area contributed by atoms with Crippen molar-refractivity contribution in [2.75, 3.05) is 13.2 Å². The van der Waals surface area contributed by atoms with E-state index >= 15 is 0 Å². The van der Waals surface area contributed by atoms with Gasteiger partial charge in [0.05, 0.1) is 18.3 Å². The van der Waals surface area contributed by atoms with Gasteiger partial charge in [-0.05, 0) is 32.1 Å². The molecule has 4 N–H and O–H groups in total. The van der Waals surface area contributed by atoms with Crippen LogP contribution in [0.5, 0.6) is 0 Å². The van der Waals surface area contributed by atoms with E-state index in [1.54, 1.807) is 12.2 Å². The van der Waals surface area contributed by atoms with Gasteiger partial charge >= 0.3 is 11.9 Å². The van der Waals surface area contributed by atoms with E-state index in [1.807, 2.05) is 12.2 Å². The predicted molar refractivity (Wildman–Crippen MR) is 176 cm³/mol. The number of carbonyl (C=O) groups excluding carboxylic acids is 2. The van der Waals surface area contributed by atoms with Crippen LogP contribution < -0.4 is 0 Å². The number of aliphatic hydroxyl groups is 4. The van der Waals surface area contributed by atoms with Gasteiger partial charge in [-0.15, -0.1) is 0 Å². The number of aliphatic hydroxyl groups excluding tert-OH is 4. The third-order valence-electron chi connectivity index (χ3n) is 8.23. The summed E-state index contributed by atoms with van der Waals surface area (Å²) in [4.78, 5) is 24.0. The minimum atomic E-state index is -1.05. The number of ether oxygens (including phenoxy) is 3. The van der Waals surface area contributed by atoms with Crippen LogP contribution in [0.15, 0.2) is 24.3 Å². The van der Waals surface area contributed by atoms with E-state index in [4.69, 9.17) is 14.2 Å². The number of carbonyl (C=O) groups is 2. The Morgan fingerprint density at radius 1 is 0.778 bits per heavy atom. The zero-order chi connectivity index (χ0) is 33.1. The van der Waals surface area contributed by atoms with Crippen molar-refractivity contribution in [3.63, 3.8) is 0 Å². The summed E-state index contributed by atoms with van der Waals surface area (Å²) in [7, 11) is 0. The lowest BCUT2D eigenvalue weighted by atomic mass is 9.87. The standard InChI is InChI=1S/C36H64O9/c1-3-5-7-8-9-10-11-12-13-18-22-34(40)43-27-30(38)28-44-35(41)23-19-15-14-17-21-31-32(39)26-36(42)45-33(31)25-24-29(37)20-16-6-4-2/h14,17,24-25,29-33,36-39,42H,3-13,15-16,18-23,26-28H2,1-2H3/b17-14-,25-24+/t29-,30-,31-,32-,33+,36?/m0/s1. The van der Waals surface area contributed by atoms with Crippen LogP contribution in [0.2, 0.25) is 0 Å². The molecule has 0 aromatic rings. The first kappa shape index (κ1) is 41.2. The fourth-order valence-corrected chi connectivity index (χ4v) is 5.42. The lowest BCUT2D eigenvalue weighted by Gasteiger charge is -2.36. The zero-order valence-corrected chi connectivity index (χ0v) is 28.2. The van der Waals surface area contributed by atoms with Crippen molar-refractivity contribution in [2.24, 2.45) is 5.92 Å². The Hall–Kier alpha value is -1.78. The molecule has 9 nitrogen and oxygen atoms in total. The van der Waals surface area contributed by atoms with E-state index in [1.165, 1.54) is 44.9 Å². The van der Waals surface area contributed by atoms with Crippen molar-refractivity contribution in [2.45, 2.75) is 173 Å². The highest BCUT2D eigenvalue weighted by Crippen LogP contribution is 2.29. The smallest absolute Gasteiger partial charge is 0.305 e. The van der Waals surface area contributed by atoms with Gasteiger partial charge in [0, 0.05) is 25.2 Å². The van der Waals surface area contributed by atoms with Crippen LogP contribution in [0.3, 0.4) is 0 Å². The van der Waals surface area contributed by atoms with E-state index < -0.39 is 36.7 Å². The average Bonchev–Trinajstić information content (AvgIpc) is 3.01. The number of unbranched alkanes of at least 4 members (excludes halogenated alkanes) is 12. The molecule has 6 atom stereocenters. The summed E-state index contributed by atoms with van der Waals surface area (Å²) >= 11 is 0. The summed E-state index contributed by atoms with van der Waals surface area (Å²) in [6.45, 7) is 3.93. The number of hydrogen-bond acceptors (Lipinski definition) is 9. The molecule has 45 heavy (non-hydrogen) atoms. The lowest BCUT2D eigenvalue weighted by Crippen LogP contribution is -2.43. The van der Waals surface area contributed by atoms with Crippen molar-refractivity contribution in [3.05, 3.63) is 24.3 Å². The van der Waals surface area contributed by atoms with Gasteiger partial charge in [-0.1, -0.05) is 115 Å². The topological polar surface area (TPSA) is 143 Å². The number of hydrogen-bond donors (Lipinski definition) is 4. The highest BCUT2D eigenvalue weighted by Gasteiger charge is 2.35. The minimum absolute atomic E-state index is 0.137. The second-order valence-electron chi connectivity index (χ2n) is 12.5. The van der Waals surface area contributed by atoms with Gasteiger partial charge in [-0.2, -0.15) is 0 Å². The Balaban J connectivity index is 2.16. The van der Waals surface area contributed by atoms with Crippen molar-refractivity contribution >= 4 is 11.9 Å². The van der Waals surface area contributed by atoms with Gasteiger partial charge in [0.25, 0.3) is 0 Å². The number of allylic oxidation sites excluding steroid dienone is 2. The molecule has 1 heterocycles. The SMILES string of the molecule is CCCCCCCCCCCCC(=O)OC[C@H](O)COC(=O)CCC/C=C\C[C@H]1[C@@H](O)CC(O)O[C@@H]1/C=C/[C@@H](O)CCCCC. The first-order valence-corrected chi connectivity index (χ1v) is 17.8. The molecule has 0 bridgehead atoms. The van der Waals surface area contributed by atoms with Gasteiger partial charge < -0.3 is 34.6 Å². The van der Waals surface area contributed by atoms with E-state index in [-0.39, 0.29) is 37.9 Å². The van der Waals surface area contributed by atoms with E-state index in [9.17, 15) is 30.0 Å². The highest BCUT2D eigenvalue weighted by molar-refractivity contribution is 5.69. The third-order valence-corrected chi connectivity index (χ3v) is 8.23. The van der Waals surface area contributed by atoms with Crippen LogP contribution in [-0.4, -0.2) is 76.3 Å². The second kappa shape index (κ2) is 27.3. The largest absolute Gasteiger partial charge is 0.463 e. The molecule has 262 valence electrons. The van der Waals surface area contributed by atoms with Crippen LogP contribution in [-0.2, 0) is 23.8 Å². The molecule has 1 saturated heterocycles. The summed E-state index contributed by atoms with van der Waals surface area (Å²) in [5.41, 5.74) is 0. The van der Waals surface area contributed by atoms with Crippen molar-refractivity contribution < 1.29 is 44.2 Å². The highest BCUT2D eigenvalue weighted by atomic mass is 16.6. The Morgan fingerprint density at radius 2 is 1.33 bits per heavy atom. The van der Waals surface area contributed by atoms with E-state index in [2.05, 4.69) is 13.8 Å². The molecule has 1 aliphatic rings. The first-order chi connectivity index (χ1) is 21.8. The molecule has 0 saturated carbocycles. The zero-order valence-electron chi connectivity index (χ0n) is 28.2. The van der Waals surface area contributed by atoms with Crippen LogP contribution >= 0.6 is 0 Å². The Kier molecular flexibility index (Phi) is 25.1. The van der Waals surface area contributed by atoms with Gasteiger partial charge in [0.1, 0.15) is 19.3 Å². The first-order valence-electron chi connectivity index (χ1n) is 17.8. The third kappa shape index (κ3) is 22.4. The summed E-state index contributed by atoms with van der Waals surface area (Å²) in [6.07, 6.45) is 21.5. The molecule has 0 aromatic carbocycles. The molecule has 0 amide bonds. The molecule has 1 rings (SSSR count). The molecule has 1 unspecified atom stereocenters. The molecule has 0 spiro atoms. The fourth-order valence-electron chi connectivity index (χ4n) is 5.42. The van der Waals surface area contributed by atoms with Crippen LogP contribution in [0, 0.1) is 5.92 Å². The normalized spacial score (nSPS) is 21.7. The number of esters is 2. The van der Waals surface area contributed by atoms with Crippen LogP contribution in [0.4, 0.5) is 0 Å². The Morgan fingerprint density at radius 3 is 1.96 bits per heavy atom. The molecule has 9 heteroatoms. The Labute approximate surface area is 272 Å². The van der Waals surface area contributed by atoms with E-state index in [0.717, 1.165) is 38.5 Å². The molecule has 1 aliphatic heterocycles. The average molecular weight is 641 g/mol. The van der Waals surface area contributed by atoms with Crippen molar-refractivity contribution in [3.8, 4) is 0 Å². The molecule has 0 radical (unpaired) electrons. The molecular formula is C36H64O9. The maximum absolute atomic E-state index is 12.0. The molecule has 1 fully saturated rings. The van der Waals surface area contributed by atoms with Gasteiger partial charge in [0.15, 0.2) is 6.29 Å². The monoisotopic (exact) mass is 640 g/mol. The summed E-state index contributed by atoms with van der Waals surface area (Å²) < 4.78 is 15.9. The van der Waals surface area contributed by atoms with Gasteiger partial charge in [-0.3, -0.25) is 9.59 Å². The Bertz CT molecular complexity index is 799. The quantitative estimate of drug-likeness (QED) is 0.0453. The molecule has 0 aromatic heterocycles. The number of rotatable bonds is 27. The van der Waals surface area contributed by atoms with Crippen LogP contribution in [0.25, 0.3) is 0 Å². The lowest BCUT2D eigenvalue weighted by molar-refractivity contribution is -0.199. The van der Waals surface area contributed by atoms with Crippen molar-refractivity contribution in [1.29, 1.82) is 0 Å². The van der Waals surface area contributed by atoms with E-state index in [0.29, 0.717) is 32.1 Å². The maximum Gasteiger partial charge on any atom is 0.305 e. The maximum atomic E-state index is 12.0. The van der Waals surface area contributed by atoms with Gasteiger partial charge in [0.2, 0.25) is 0 Å². The molecular weight excluding hydrogens is 576 g/mol. The van der Waals surface area contributed by atoms with Gasteiger partial charge in [-0.25, -0.2) is 0 Å². The second-order valence-corrected chi connectivity index (χ2v) is 12.5. The predicted octanol–water partition coefficient (Wildman–Crippen LogP) is 6.44. The summed E-state index contributed by atoms with van der Waals surface area (Å²) in [5, 5.41) is 40.6. The minimum Gasteiger partial charge on any atom is -0.463 e. The van der Waals surface area contributed by atoms with Crippen molar-refractivity contribution in [1.82, 2.24) is 0 Å². The van der Waals surface area contributed by atoms with Crippen LogP contribution in [0.1, 0.15) is 142 Å². The summed E-state index contributed by atoms with van der Waals surface area (Å²) in [6, 6.07) is 0. The fraction of sp³-hybridized carbons (Fsp3) is 0.833.